The van der Waals surface area contributed by atoms with Gasteiger partial charge in [-0.2, -0.15) is 0 Å². The van der Waals surface area contributed by atoms with Crippen molar-refractivity contribution in [3.63, 3.8) is 0 Å². The Labute approximate surface area is 158 Å². The Morgan fingerprint density at radius 3 is 2.52 bits per heavy atom. The molecule has 0 aliphatic carbocycles. The second-order valence-electron chi connectivity index (χ2n) is 7.39. The van der Waals surface area contributed by atoms with E-state index in [1.54, 1.807) is 0 Å². The Hall–Kier alpha value is -2.28. The first-order valence-electron chi connectivity index (χ1n) is 9.73. The van der Waals surface area contributed by atoms with Crippen LogP contribution in [0.4, 0.5) is 0 Å². The van der Waals surface area contributed by atoms with E-state index in [4.69, 9.17) is 14.2 Å². The molecule has 4 rings (SSSR count). The summed E-state index contributed by atoms with van der Waals surface area (Å²) in [5.74, 6) is 1.82. The molecule has 2 amide bonds. The average Bonchev–Trinajstić information content (AvgIpc) is 3.20. The highest BCUT2D eigenvalue weighted by Gasteiger charge is 2.31. The molecule has 7 heteroatoms. The van der Waals surface area contributed by atoms with Gasteiger partial charge in [0.1, 0.15) is 0 Å². The lowest BCUT2D eigenvalue weighted by Gasteiger charge is -2.34. The number of nitrogens with one attached hydrogen (secondary N) is 1. The van der Waals surface area contributed by atoms with E-state index >= 15 is 0 Å². The second kappa shape index (κ2) is 8.17. The van der Waals surface area contributed by atoms with Crippen molar-refractivity contribution in [1.29, 1.82) is 0 Å². The summed E-state index contributed by atoms with van der Waals surface area (Å²) in [6.07, 6.45) is 3.08. The molecule has 7 nitrogen and oxygen atoms in total. The van der Waals surface area contributed by atoms with Crippen LogP contribution in [0.5, 0.6) is 11.5 Å². The normalized spacial score (nSPS) is 20.5. The first kappa shape index (κ1) is 18.1. The summed E-state index contributed by atoms with van der Waals surface area (Å²) in [6, 6.07) is 5.70. The molecule has 3 aliphatic heterocycles. The zero-order valence-electron chi connectivity index (χ0n) is 15.4. The molecule has 0 aromatic heterocycles. The van der Waals surface area contributed by atoms with Gasteiger partial charge < -0.3 is 24.4 Å². The number of piperidine rings is 1. The number of nitrogens with zero attached hydrogens (tertiary/aromatic N) is 1. The molecule has 3 heterocycles. The van der Waals surface area contributed by atoms with Gasteiger partial charge >= 0.3 is 0 Å². The van der Waals surface area contributed by atoms with Crippen molar-refractivity contribution in [3.05, 3.63) is 23.8 Å². The van der Waals surface area contributed by atoms with Gasteiger partial charge in [0.2, 0.25) is 18.6 Å². The minimum absolute atomic E-state index is 0.0299. The molecule has 0 unspecified atom stereocenters. The zero-order valence-corrected chi connectivity index (χ0v) is 15.4. The minimum Gasteiger partial charge on any atom is -0.454 e. The third-order valence-corrected chi connectivity index (χ3v) is 5.65. The number of benzene rings is 1. The lowest BCUT2D eigenvalue weighted by molar-refractivity contribution is -0.141. The maximum atomic E-state index is 12.6. The molecule has 0 bridgehead atoms. The third-order valence-electron chi connectivity index (χ3n) is 5.65. The summed E-state index contributed by atoms with van der Waals surface area (Å²) in [6.45, 7) is 3.40. The molecule has 1 N–H and O–H groups in total. The van der Waals surface area contributed by atoms with Gasteiger partial charge in [-0.05, 0) is 43.4 Å². The summed E-state index contributed by atoms with van der Waals surface area (Å²) < 4.78 is 16.0. The Bertz CT molecular complexity index is 694. The first-order chi connectivity index (χ1) is 13.2. The Morgan fingerprint density at radius 2 is 1.74 bits per heavy atom. The fourth-order valence-electron chi connectivity index (χ4n) is 3.95. The zero-order chi connectivity index (χ0) is 18.6. The average molecular weight is 374 g/mol. The van der Waals surface area contributed by atoms with Crippen LogP contribution in [0.15, 0.2) is 18.2 Å². The molecule has 27 heavy (non-hydrogen) atoms. The molecule has 0 spiro atoms. The van der Waals surface area contributed by atoms with E-state index in [-0.39, 0.29) is 30.4 Å². The third kappa shape index (κ3) is 4.18. The SMILES string of the molecule is O=C(NCc1ccc2c(c1)OCO2)C1CCN(C(=O)C2CCOCC2)CC1. The monoisotopic (exact) mass is 374 g/mol. The number of carbonyl (C=O) groups is 2. The van der Waals surface area contributed by atoms with Gasteiger partial charge in [-0.3, -0.25) is 9.59 Å². The van der Waals surface area contributed by atoms with Crippen molar-refractivity contribution in [3.8, 4) is 11.5 Å². The Kier molecular flexibility index (Phi) is 5.48. The number of fused-ring (bicyclic) bond motifs is 1. The second-order valence-corrected chi connectivity index (χ2v) is 7.39. The number of ether oxygens (including phenoxy) is 3. The smallest absolute Gasteiger partial charge is 0.231 e. The number of likely N-dealkylation sites (tertiary alicyclic amines) is 1. The highest BCUT2D eigenvalue weighted by molar-refractivity contribution is 5.81. The van der Waals surface area contributed by atoms with Crippen molar-refractivity contribution >= 4 is 11.8 Å². The van der Waals surface area contributed by atoms with Crippen molar-refractivity contribution in [2.75, 3.05) is 33.1 Å². The van der Waals surface area contributed by atoms with E-state index < -0.39 is 0 Å². The van der Waals surface area contributed by atoms with E-state index in [0.717, 1.165) is 42.7 Å². The van der Waals surface area contributed by atoms with Gasteiger partial charge in [-0.1, -0.05) is 6.07 Å². The maximum absolute atomic E-state index is 12.6. The van der Waals surface area contributed by atoms with Crippen molar-refractivity contribution in [1.82, 2.24) is 10.2 Å². The lowest BCUT2D eigenvalue weighted by Crippen LogP contribution is -2.45. The highest BCUT2D eigenvalue weighted by Crippen LogP contribution is 2.32. The van der Waals surface area contributed by atoms with Crippen LogP contribution in [-0.2, 0) is 20.9 Å². The predicted octanol–water partition coefficient (Wildman–Crippen LogP) is 1.70. The molecule has 0 radical (unpaired) electrons. The van der Waals surface area contributed by atoms with Gasteiger partial charge in [-0.25, -0.2) is 0 Å². The number of carbonyl (C=O) groups excluding carboxylic acids is 2. The summed E-state index contributed by atoms with van der Waals surface area (Å²) in [7, 11) is 0. The lowest BCUT2D eigenvalue weighted by atomic mass is 9.93. The largest absolute Gasteiger partial charge is 0.454 e. The molecule has 0 atom stereocenters. The summed E-state index contributed by atoms with van der Waals surface area (Å²) in [5.41, 5.74) is 0.986. The van der Waals surface area contributed by atoms with Crippen LogP contribution < -0.4 is 14.8 Å². The highest BCUT2D eigenvalue weighted by atomic mass is 16.7. The van der Waals surface area contributed by atoms with Gasteiger partial charge in [0.05, 0.1) is 0 Å². The van der Waals surface area contributed by atoms with Crippen LogP contribution in [0, 0.1) is 11.8 Å². The van der Waals surface area contributed by atoms with E-state index in [2.05, 4.69) is 5.32 Å². The van der Waals surface area contributed by atoms with Crippen LogP contribution in [0.1, 0.15) is 31.2 Å². The first-order valence-corrected chi connectivity index (χ1v) is 9.73. The standard InChI is InChI=1S/C20H26N2O5/c23-19(21-12-14-1-2-17-18(11-14)27-13-26-17)15-3-7-22(8-4-15)20(24)16-5-9-25-10-6-16/h1-2,11,15-16H,3-10,12-13H2,(H,21,23). The van der Waals surface area contributed by atoms with Crippen LogP contribution in [0.2, 0.25) is 0 Å². The quantitative estimate of drug-likeness (QED) is 0.868. The van der Waals surface area contributed by atoms with Crippen LogP contribution in [0.3, 0.4) is 0 Å². The fraction of sp³-hybridized carbons (Fsp3) is 0.600. The fourth-order valence-corrected chi connectivity index (χ4v) is 3.95. The van der Waals surface area contributed by atoms with Crippen LogP contribution in [-0.4, -0.2) is 49.8 Å². The maximum Gasteiger partial charge on any atom is 0.231 e. The van der Waals surface area contributed by atoms with Gasteiger partial charge in [0, 0.05) is 44.7 Å². The molecule has 146 valence electrons. The van der Waals surface area contributed by atoms with Crippen molar-refractivity contribution in [2.24, 2.45) is 11.8 Å². The van der Waals surface area contributed by atoms with Crippen molar-refractivity contribution < 1.29 is 23.8 Å². The number of hydrogen-bond donors (Lipinski definition) is 1. The number of rotatable bonds is 4. The molecule has 2 fully saturated rings. The minimum atomic E-state index is -0.0299. The topological polar surface area (TPSA) is 77.1 Å². The predicted molar refractivity (Wildman–Crippen MR) is 97.3 cm³/mol. The van der Waals surface area contributed by atoms with Crippen LogP contribution >= 0.6 is 0 Å². The van der Waals surface area contributed by atoms with E-state index in [9.17, 15) is 9.59 Å². The number of hydrogen-bond acceptors (Lipinski definition) is 5. The molecular weight excluding hydrogens is 348 g/mol. The van der Waals surface area contributed by atoms with E-state index in [0.29, 0.717) is 32.8 Å². The van der Waals surface area contributed by atoms with Gasteiger partial charge in [0.25, 0.3) is 0 Å². The molecule has 3 aliphatic rings. The van der Waals surface area contributed by atoms with Gasteiger partial charge in [0.15, 0.2) is 11.5 Å². The molecular formula is C20H26N2O5. The molecule has 0 saturated carbocycles. The van der Waals surface area contributed by atoms with Crippen LogP contribution in [0.25, 0.3) is 0 Å². The molecule has 1 aromatic carbocycles. The molecule has 2 saturated heterocycles. The Balaban J connectivity index is 1.23. The van der Waals surface area contributed by atoms with Gasteiger partial charge in [-0.15, -0.1) is 0 Å². The summed E-state index contributed by atoms with van der Waals surface area (Å²) in [5, 5.41) is 3.01. The van der Waals surface area contributed by atoms with Crippen molar-refractivity contribution in [2.45, 2.75) is 32.2 Å². The van der Waals surface area contributed by atoms with E-state index in [1.165, 1.54) is 0 Å². The Morgan fingerprint density at radius 1 is 1.00 bits per heavy atom. The molecule has 1 aromatic rings. The summed E-state index contributed by atoms with van der Waals surface area (Å²) >= 11 is 0. The number of amides is 2. The summed E-state index contributed by atoms with van der Waals surface area (Å²) in [4.78, 5) is 27.0. The van der Waals surface area contributed by atoms with E-state index in [1.807, 2.05) is 23.1 Å².